The Balaban J connectivity index is 1.56. The minimum absolute atomic E-state index is 0.514. The quantitative estimate of drug-likeness (QED) is 0.665. The van der Waals surface area contributed by atoms with Crippen LogP contribution in [0.4, 0.5) is 17.8 Å². The lowest BCUT2D eigenvalue weighted by Gasteiger charge is -2.20. The van der Waals surface area contributed by atoms with Crippen molar-refractivity contribution >= 4 is 35.4 Å². The first-order chi connectivity index (χ1) is 11.9. The molecule has 2 aromatic rings. The van der Waals surface area contributed by atoms with Crippen LogP contribution in [0.2, 0.25) is 0 Å². The maximum atomic E-state index is 4.69. The van der Waals surface area contributed by atoms with Crippen LogP contribution in [0.3, 0.4) is 0 Å². The second-order valence-corrected chi connectivity index (χ2v) is 6.85. The molecule has 0 saturated carbocycles. The molecule has 4 rings (SSSR count). The molecule has 2 aliphatic heterocycles. The molecule has 7 nitrogen and oxygen atoms in total. The summed E-state index contributed by atoms with van der Waals surface area (Å²) in [7, 11) is 0. The summed E-state index contributed by atoms with van der Waals surface area (Å²) in [6.07, 6.45) is 6.58. The van der Waals surface area contributed by atoms with Gasteiger partial charge in [0.2, 0.25) is 17.8 Å². The zero-order valence-corrected chi connectivity index (χ0v) is 14.4. The third-order valence-electron chi connectivity index (χ3n) is 4.31. The summed E-state index contributed by atoms with van der Waals surface area (Å²) in [6, 6.07) is 2.02. The van der Waals surface area contributed by atoms with E-state index in [2.05, 4.69) is 30.3 Å². The van der Waals surface area contributed by atoms with E-state index in [9.17, 15) is 0 Å². The van der Waals surface area contributed by atoms with Gasteiger partial charge in [0.1, 0.15) is 0 Å². The topological polar surface area (TPSA) is 69.5 Å². The molecule has 0 spiro atoms. The molecule has 0 atom stereocenters. The highest BCUT2D eigenvalue weighted by molar-refractivity contribution is 7.08. The molecule has 2 aliphatic rings. The van der Waals surface area contributed by atoms with Crippen molar-refractivity contribution in [2.75, 3.05) is 41.4 Å². The van der Waals surface area contributed by atoms with Crippen LogP contribution < -0.4 is 15.2 Å². The third kappa shape index (κ3) is 3.48. The SMILES string of the molecule is C(=N/Nc1nc(N2CCCC2)nc(N2CCCC2)n1)/c1ccsc1. The number of aromatic nitrogens is 3. The summed E-state index contributed by atoms with van der Waals surface area (Å²) in [5.41, 5.74) is 4.04. The van der Waals surface area contributed by atoms with E-state index in [1.54, 1.807) is 17.6 Å². The monoisotopic (exact) mass is 343 g/mol. The molecule has 0 radical (unpaired) electrons. The fourth-order valence-corrected chi connectivity index (χ4v) is 3.64. The third-order valence-corrected chi connectivity index (χ3v) is 5.01. The molecule has 2 saturated heterocycles. The fraction of sp³-hybridized carbons (Fsp3) is 0.500. The highest BCUT2D eigenvalue weighted by Gasteiger charge is 2.21. The number of hydrogen-bond acceptors (Lipinski definition) is 8. The minimum Gasteiger partial charge on any atom is -0.341 e. The maximum Gasteiger partial charge on any atom is 0.250 e. The normalized spacial score (nSPS) is 18.0. The Morgan fingerprint density at radius 2 is 1.58 bits per heavy atom. The number of hydrogen-bond donors (Lipinski definition) is 1. The average Bonchev–Trinajstić information content (AvgIpc) is 3.35. The molecule has 0 bridgehead atoms. The molecule has 24 heavy (non-hydrogen) atoms. The van der Waals surface area contributed by atoms with Crippen LogP contribution in [0.5, 0.6) is 0 Å². The van der Waals surface area contributed by atoms with Crippen molar-refractivity contribution in [3.05, 3.63) is 22.4 Å². The molecule has 2 aromatic heterocycles. The predicted molar refractivity (Wildman–Crippen MR) is 98.3 cm³/mol. The van der Waals surface area contributed by atoms with E-state index in [0.717, 1.165) is 43.6 Å². The first kappa shape index (κ1) is 15.3. The summed E-state index contributed by atoms with van der Waals surface area (Å²) in [4.78, 5) is 18.3. The van der Waals surface area contributed by atoms with E-state index in [-0.39, 0.29) is 0 Å². The van der Waals surface area contributed by atoms with E-state index in [1.807, 2.05) is 16.8 Å². The van der Waals surface area contributed by atoms with Gasteiger partial charge in [-0.15, -0.1) is 0 Å². The van der Waals surface area contributed by atoms with Gasteiger partial charge in [0.15, 0.2) is 0 Å². The number of hydrazone groups is 1. The number of thiophene rings is 1. The van der Waals surface area contributed by atoms with Crippen molar-refractivity contribution in [1.29, 1.82) is 0 Å². The molecule has 126 valence electrons. The van der Waals surface area contributed by atoms with Crippen LogP contribution in [-0.4, -0.2) is 47.3 Å². The lowest BCUT2D eigenvalue weighted by molar-refractivity contribution is 0.838. The van der Waals surface area contributed by atoms with Crippen LogP contribution in [-0.2, 0) is 0 Å². The van der Waals surface area contributed by atoms with Crippen LogP contribution in [0.15, 0.2) is 21.9 Å². The summed E-state index contributed by atoms with van der Waals surface area (Å²) in [5.74, 6) is 2.04. The number of anilines is 3. The second-order valence-electron chi connectivity index (χ2n) is 6.07. The Hall–Kier alpha value is -2.22. The molecule has 0 unspecified atom stereocenters. The molecule has 8 heteroatoms. The smallest absolute Gasteiger partial charge is 0.250 e. The Labute approximate surface area is 145 Å². The molecular weight excluding hydrogens is 322 g/mol. The van der Waals surface area contributed by atoms with Crippen molar-refractivity contribution in [1.82, 2.24) is 15.0 Å². The summed E-state index contributed by atoms with van der Waals surface area (Å²) >= 11 is 1.65. The van der Waals surface area contributed by atoms with Gasteiger partial charge < -0.3 is 9.80 Å². The molecule has 0 aliphatic carbocycles. The van der Waals surface area contributed by atoms with E-state index in [0.29, 0.717) is 5.95 Å². The number of rotatable bonds is 5. The second kappa shape index (κ2) is 7.12. The van der Waals surface area contributed by atoms with Gasteiger partial charge >= 0.3 is 0 Å². The Bertz CT molecular complexity index is 654. The van der Waals surface area contributed by atoms with Crippen LogP contribution in [0, 0.1) is 0 Å². The van der Waals surface area contributed by atoms with Crippen molar-refractivity contribution < 1.29 is 0 Å². The van der Waals surface area contributed by atoms with Crippen LogP contribution in [0.1, 0.15) is 31.2 Å². The molecule has 2 fully saturated rings. The van der Waals surface area contributed by atoms with Gasteiger partial charge in [-0.05, 0) is 42.5 Å². The van der Waals surface area contributed by atoms with E-state index >= 15 is 0 Å². The standard InChI is InChI=1S/C16H21N7S/c1-2-7-22(6-1)15-18-14(21-17-11-13-5-10-24-12-13)19-16(20-15)23-8-3-4-9-23/h5,10-12H,1-4,6-9H2,(H,18,19,20,21)/b17-11-. The van der Waals surface area contributed by atoms with Crippen molar-refractivity contribution in [3.63, 3.8) is 0 Å². The lowest BCUT2D eigenvalue weighted by Crippen LogP contribution is -2.25. The van der Waals surface area contributed by atoms with Gasteiger partial charge in [-0.3, -0.25) is 0 Å². The summed E-state index contributed by atoms with van der Waals surface area (Å²) < 4.78 is 0. The molecule has 0 amide bonds. The molecule has 0 aromatic carbocycles. The van der Waals surface area contributed by atoms with Crippen LogP contribution in [0.25, 0.3) is 0 Å². The minimum atomic E-state index is 0.514. The van der Waals surface area contributed by atoms with E-state index in [1.165, 1.54) is 25.7 Å². The van der Waals surface area contributed by atoms with E-state index < -0.39 is 0 Å². The number of nitrogens with zero attached hydrogens (tertiary/aromatic N) is 6. The van der Waals surface area contributed by atoms with Gasteiger partial charge in [-0.2, -0.15) is 31.4 Å². The van der Waals surface area contributed by atoms with Gasteiger partial charge in [0.25, 0.3) is 0 Å². The summed E-state index contributed by atoms with van der Waals surface area (Å²) in [5, 5.41) is 8.34. The van der Waals surface area contributed by atoms with Crippen LogP contribution >= 0.6 is 11.3 Å². The van der Waals surface area contributed by atoms with Gasteiger partial charge in [-0.25, -0.2) is 5.43 Å². The van der Waals surface area contributed by atoms with Gasteiger partial charge in [0.05, 0.1) is 6.21 Å². The first-order valence-corrected chi connectivity index (χ1v) is 9.40. The maximum absolute atomic E-state index is 4.69. The predicted octanol–water partition coefficient (Wildman–Crippen LogP) is 2.58. The molecular formula is C16H21N7S. The largest absolute Gasteiger partial charge is 0.341 e. The Morgan fingerprint density at radius 3 is 2.12 bits per heavy atom. The number of nitrogens with one attached hydrogen (secondary N) is 1. The zero-order chi connectivity index (χ0) is 16.2. The van der Waals surface area contributed by atoms with Crippen molar-refractivity contribution in [3.8, 4) is 0 Å². The highest BCUT2D eigenvalue weighted by atomic mass is 32.1. The zero-order valence-electron chi connectivity index (χ0n) is 13.6. The highest BCUT2D eigenvalue weighted by Crippen LogP contribution is 2.22. The van der Waals surface area contributed by atoms with E-state index in [4.69, 9.17) is 4.98 Å². The summed E-state index contributed by atoms with van der Waals surface area (Å²) in [6.45, 7) is 4.06. The van der Waals surface area contributed by atoms with Crippen molar-refractivity contribution in [2.24, 2.45) is 5.10 Å². The molecule has 1 N–H and O–H groups in total. The van der Waals surface area contributed by atoms with Gasteiger partial charge in [-0.1, -0.05) is 0 Å². The average molecular weight is 343 g/mol. The lowest BCUT2D eigenvalue weighted by atomic mass is 10.4. The fourth-order valence-electron chi connectivity index (χ4n) is 3.03. The molecule has 4 heterocycles. The van der Waals surface area contributed by atoms with Crippen molar-refractivity contribution in [2.45, 2.75) is 25.7 Å². The van der Waals surface area contributed by atoms with Gasteiger partial charge in [0, 0.05) is 31.7 Å². The Kier molecular flexibility index (Phi) is 4.55. The Morgan fingerprint density at radius 1 is 0.958 bits per heavy atom. The first-order valence-electron chi connectivity index (χ1n) is 8.46.